The fourth-order valence-electron chi connectivity index (χ4n) is 4.58. The lowest BCUT2D eigenvalue weighted by Crippen LogP contribution is -2.62. The molecule has 0 bridgehead atoms. The highest BCUT2D eigenvalue weighted by molar-refractivity contribution is 5.56. The van der Waals surface area contributed by atoms with Crippen molar-refractivity contribution < 1.29 is 42.1 Å². The minimum Gasteiger partial charge on any atom is -0.479 e. The largest absolute Gasteiger partial charge is 0.573 e. The van der Waals surface area contributed by atoms with E-state index >= 15 is 0 Å². The van der Waals surface area contributed by atoms with Crippen LogP contribution in [0, 0.1) is 10.1 Å². The molecule has 1 aliphatic heterocycles. The van der Waals surface area contributed by atoms with Crippen molar-refractivity contribution in [2.75, 3.05) is 19.1 Å². The Morgan fingerprint density at radius 2 is 1.92 bits per heavy atom. The maximum absolute atomic E-state index is 12.7. The minimum absolute atomic E-state index is 0.0387. The van der Waals surface area contributed by atoms with Crippen molar-refractivity contribution in [3.8, 4) is 11.5 Å². The fourth-order valence-corrected chi connectivity index (χ4v) is 4.58. The van der Waals surface area contributed by atoms with Gasteiger partial charge in [-0.25, -0.2) is 4.98 Å². The standard InChI is InChI=1S/C24H25F3N4O7/c1-23(22(35-2)36-3)21(32)20(17-12-15(31(33)34)6-9-18(17)38-23)30(13-19-28-10-11-29-19)14-4-7-16(8-5-14)37-24(25,26)27/h4-12,20-22,32H,13H2,1-3H3,(H,28,29)/t20-,21+,23-/m0/s1. The van der Waals surface area contributed by atoms with Crippen molar-refractivity contribution in [2.45, 2.75) is 43.9 Å². The SMILES string of the molecule is COC(OC)[C@@]1(C)Oc2ccc([N+](=O)[O-])cc2[C@H](N(Cc2ncc[nH]2)c2ccc(OC(F)(F)F)cc2)[C@H]1O. The first kappa shape index (κ1) is 27.2. The molecule has 2 aromatic carbocycles. The zero-order chi connectivity index (χ0) is 27.7. The van der Waals surface area contributed by atoms with E-state index in [1.165, 1.54) is 50.7 Å². The number of rotatable bonds is 9. The Morgan fingerprint density at radius 1 is 1.24 bits per heavy atom. The van der Waals surface area contributed by atoms with E-state index in [-0.39, 0.29) is 23.5 Å². The number of aliphatic hydroxyl groups is 1. The molecule has 0 radical (unpaired) electrons. The summed E-state index contributed by atoms with van der Waals surface area (Å²) < 4.78 is 59.1. The van der Waals surface area contributed by atoms with Crippen molar-refractivity contribution >= 4 is 11.4 Å². The predicted octanol–water partition coefficient (Wildman–Crippen LogP) is 4.10. The molecule has 1 aliphatic rings. The van der Waals surface area contributed by atoms with Gasteiger partial charge in [-0.2, -0.15) is 0 Å². The number of hydrogen-bond acceptors (Lipinski definition) is 9. The number of non-ortho nitro benzene ring substituents is 1. The van der Waals surface area contributed by atoms with Crippen LogP contribution < -0.4 is 14.4 Å². The first-order valence-corrected chi connectivity index (χ1v) is 11.3. The number of benzene rings is 2. The first-order valence-electron chi connectivity index (χ1n) is 11.3. The second-order valence-electron chi connectivity index (χ2n) is 8.66. The minimum atomic E-state index is -4.87. The molecule has 0 aliphatic carbocycles. The van der Waals surface area contributed by atoms with Crippen LogP contribution in [0.25, 0.3) is 0 Å². The van der Waals surface area contributed by atoms with Crippen molar-refractivity contribution in [1.82, 2.24) is 9.97 Å². The molecule has 14 heteroatoms. The topological polar surface area (TPSA) is 132 Å². The lowest BCUT2D eigenvalue weighted by molar-refractivity contribution is -0.385. The molecule has 38 heavy (non-hydrogen) atoms. The number of aliphatic hydroxyl groups excluding tert-OH is 1. The van der Waals surface area contributed by atoms with E-state index < -0.39 is 41.1 Å². The summed E-state index contributed by atoms with van der Waals surface area (Å²) in [6.07, 6.45) is -4.24. The second-order valence-corrected chi connectivity index (χ2v) is 8.66. The van der Waals surface area contributed by atoms with E-state index in [2.05, 4.69) is 14.7 Å². The Hall–Kier alpha value is -3.88. The second kappa shape index (κ2) is 10.5. The molecule has 11 nitrogen and oxygen atoms in total. The normalized spacial score (nSPS) is 21.1. The van der Waals surface area contributed by atoms with Crippen LogP contribution in [0.2, 0.25) is 0 Å². The third-order valence-electron chi connectivity index (χ3n) is 6.25. The Bertz CT molecular complexity index is 1250. The highest BCUT2D eigenvalue weighted by Crippen LogP contribution is 2.47. The molecule has 3 aromatic rings. The van der Waals surface area contributed by atoms with Crippen LogP contribution >= 0.6 is 0 Å². The summed E-state index contributed by atoms with van der Waals surface area (Å²) >= 11 is 0. The number of halogens is 3. The molecular formula is C24H25F3N4O7. The van der Waals surface area contributed by atoms with Crippen LogP contribution in [-0.4, -0.2) is 58.6 Å². The summed E-state index contributed by atoms with van der Waals surface area (Å²) in [5.41, 5.74) is -1.10. The van der Waals surface area contributed by atoms with Gasteiger partial charge in [-0.05, 0) is 37.3 Å². The number of aromatic nitrogens is 2. The zero-order valence-electron chi connectivity index (χ0n) is 20.5. The number of ether oxygens (including phenoxy) is 4. The average molecular weight is 538 g/mol. The number of anilines is 1. The molecule has 0 saturated heterocycles. The Kier molecular flexibility index (Phi) is 7.49. The van der Waals surface area contributed by atoms with Crippen molar-refractivity contribution in [3.63, 3.8) is 0 Å². The van der Waals surface area contributed by atoms with Crippen LogP contribution in [0.1, 0.15) is 24.4 Å². The Labute approximate surface area is 214 Å². The van der Waals surface area contributed by atoms with Gasteiger partial charge in [0.15, 0.2) is 11.9 Å². The first-order chi connectivity index (χ1) is 18.0. The van der Waals surface area contributed by atoms with E-state index in [1.54, 1.807) is 18.0 Å². The lowest BCUT2D eigenvalue weighted by atomic mass is 9.83. The summed E-state index contributed by atoms with van der Waals surface area (Å²) in [6.45, 7) is 1.61. The molecule has 0 saturated carbocycles. The molecule has 3 atom stereocenters. The van der Waals surface area contributed by atoms with Gasteiger partial charge in [0.25, 0.3) is 5.69 Å². The van der Waals surface area contributed by atoms with Crippen molar-refractivity contribution in [2.24, 2.45) is 0 Å². The third kappa shape index (κ3) is 5.37. The van der Waals surface area contributed by atoms with E-state index in [9.17, 15) is 28.4 Å². The van der Waals surface area contributed by atoms with Gasteiger partial charge in [-0.15, -0.1) is 13.2 Å². The van der Waals surface area contributed by atoms with Gasteiger partial charge >= 0.3 is 6.36 Å². The van der Waals surface area contributed by atoms with Crippen LogP contribution in [0.3, 0.4) is 0 Å². The number of H-pyrrole nitrogens is 1. The van der Waals surface area contributed by atoms with Crippen molar-refractivity contribution in [1.29, 1.82) is 0 Å². The summed E-state index contributed by atoms with van der Waals surface area (Å²) in [6, 6.07) is 7.97. The van der Waals surface area contributed by atoms with Gasteiger partial charge < -0.3 is 33.9 Å². The van der Waals surface area contributed by atoms with Crippen LogP contribution in [0.15, 0.2) is 54.9 Å². The number of alkyl halides is 3. The van der Waals surface area contributed by atoms with Crippen molar-refractivity contribution in [3.05, 3.63) is 76.4 Å². The molecule has 0 unspecified atom stereocenters. The molecule has 2 N–H and O–H groups in total. The lowest BCUT2D eigenvalue weighted by Gasteiger charge is -2.49. The van der Waals surface area contributed by atoms with Gasteiger partial charge in [-0.1, -0.05) is 0 Å². The molecule has 204 valence electrons. The highest BCUT2D eigenvalue weighted by Gasteiger charge is 2.54. The number of nitro benzene ring substituents is 1. The molecule has 0 spiro atoms. The molecule has 4 rings (SSSR count). The average Bonchev–Trinajstić information content (AvgIpc) is 3.37. The van der Waals surface area contributed by atoms with Crippen LogP contribution in [0.4, 0.5) is 24.5 Å². The van der Waals surface area contributed by atoms with E-state index in [0.717, 1.165) is 12.1 Å². The number of fused-ring (bicyclic) bond motifs is 1. The fraction of sp³-hybridized carbons (Fsp3) is 0.375. The van der Waals surface area contributed by atoms with Gasteiger partial charge in [-0.3, -0.25) is 10.1 Å². The Balaban J connectivity index is 1.87. The monoisotopic (exact) mass is 538 g/mol. The van der Waals surface area contributed by atoms with Gasteiger partial charge in [0.1, 0.15) is 23.4 Å². The maximum atomic E-state index is 12.7. The van der Waals surface area contributed by atoms with Gasteiger partial charge in [0, 0.05) is 50.0 Å². The van der Waals surface area contributed by atoms with E-state index in [1.807, 2.05) is 0 Å². The molecular weight excluding hydrogens is 513 g/mol. The third-order valence-corrected chi connectivity index (χ3v) is 6.25. The summed E-state index contributed by atoms with van der Waals surface area (Å²) in [7, 11) is 2.74. The zero-order valence-corrected chi connectivity index (χ0v) is 20.5. The number of aromatic amines is 1. The molecule has 1 aromatic heterocycles. The highest BCUT2D eigenvalue weighted by atomic mass is 19.4. The van der Waals surface area contributed by atoms with Crippen LogP contribution in [0.5, 0.6) is 11.5 Å². The van der Waals surface area contributed by atoms with Crippen LogP contribution in [-0.2, 0) is 16.0 Å². The summed E-state index contributed by atoms with van der Waals surface area (Å²) in [4.78, 5) is 19.8. The maximum Gasteiger partial charge on any atom is 0.573 e. The quantitative estimate of drug-likeness (QED) is 0.235. The Morgan fingerprint density at radius 3 is 2.47 bits per heavy atom. The van der Waals surface area contributed by atoms with E-state index in [0.29, 0.717) is 11.5 Å². The molecule has 0 fully saturated rings. The molecule has 0 amide bonds. The van der Waals surface area contributed by atoms with Gasteiger partial charge in [0.2, 0.25) is 0 Å². The summed E-state index contributed by atoms with van der Waals surface area (Å²) in [5.74, 6) is 0.253. The van der Waals surface area contributed by atoms with Gasteiger partial charge in [0.05, 0.1) is 17.5 Å². The number of nitrogens with one attached hydrogen (secondary N) is 1. The number of imidazole rings is 1. The predicted molar refractivity (Wildman–Crippen MR) is 127 cm³/mol. The smallest absolute Gasteiger partial charge is 0.479 e. The van der Waals surface area contributed by atoms with E-state index in [4.69, 9.17) is 14.2 Å². The molecule has 2 heterocycles. The number of hydrogen-bond donors (Lipinski definition) is 2. The summed E-state index contributed by atoms with van der Waals surface area (Å²) in [5, 5.41) is 23.3. The number of nitro groups is 1. The number of methoxy groups -OCH3 is 2. The number of nitrogens with zero attached hydrogens (tertiary/aromatic N) is 3.